The predicted molar refractivity (Wildman–Crippen MR) is 79.5 cm³/mol. The zero-order valence-electron chi connectivity index (χ0n) is 12.2. The van der Waals surface area contributed by atoms with Crippen LogP contribution in [0.15, 0.2) is 24.3 Å². The van der Waals surface area contributed by atoms with Gasteiger partial charge in [-0.1, -0.05) is 38.1 Å². The first kappa shape index (κ1) is 16.1. The van der Waals surface area contributed by atoms with Gasteiger partial charge in [-0.15, -0.1) is 0 Å². The smallest absolute Gasteiger partial charge is 0.202 e. The molecule has 0 aliphatic carbocycles. The van der Waals surface area contributed by atoms with Gasteiger partial charge in [0, 0.05) is 20.6 Å². The lowest BCUT2D eigenvalue weighted by Crippen LogP contribution is -2.36. The van der Waals surface area contributed by atoms with E-state index in [9.17, 15) is 8.42 Å². The highest BCUT2D eigenvalue weighted by Crippen LogP contribution is 2.18. The molecule has 1 aromatic carbocycles. The Labute approximate surface area is 117 Å². The van der Waals surface area contributed by atoms with Crippen LogP contribution in [0.1, 0.15) is 37.3 Å². The van der Waals surface area contributed by atoms with Crippen molar-refractivity contribution in [2.24, 2.45) is 0 Å². The predicted octanol–water partition coefficient (Wildman–Crippen LogP) is 2.14. The average Bonchev–Trinajstić information content (AvgIpc) is 2.38. The van der Waals surface area contributed by atoms with Crippen molar-refractivity contribution in [1.82, 2.24) is 9.03 Å². The van der Waals surface area contributed by atoms with Crippen molar-refractivity contribution >= 4 is 10.2 Å². The summed E-state index contributed by atoms with van der Waals surface area (Å²) in [5, 5.41) is 0. The number of benzene rings is 1. The molecular weight excluding hydrogens is 260 g/mol. The summed E-state index contributed by atoms with van der Waals surface area (Å²) in [7, 11) is -0.276. The second kappa shape index (κ2) is 7.03. The van der Waals surface area contributed by atoms with Gasteiger partial charge in [0.25, 0.3) is 10.2 Å². The van der Waals surface area contributed by atoms with Crippen molar-refractivity contribution in [2.75, 3.05) is 20.6 Å². The molecule has 0 amide bonds. The van der Waals surface area contributed by atoms with E-state index in [0.717, 1.165) is 12.0 Å². The van der Waals surface area contributed by atoms with Gasteiger partial charge in [-0.2, -0.15) is 12.7 Å². The standard InChI is InChI=1S/C14H24N2O2S/c1-5-12(2)14-8-6-13(7-9-14)10-11-15-19(17,18)16(3)4/h6-9,12,15H,5,10-11H2,1-4H3. The molecule has 0 heterocycles. The Morgan fingerprint density at radius 1 is 1.21 bits per heavy atom. The molecule has 1 rings (SSSR count). The first-order chi connectivity index (χ1) is 8.86. The monoisotopic (exact) mass is 284 g/mol. The van der Waals surface area contributed by atoms with Gasteiger partial charge in [-0.25, -0.2) is 4.72 Å². The fourth-order valence-electron chi connectivity index (χ4n) is 1.70. The Morgan fingerprint density at radius 2 is 1.79 bits per heavy atom. The summed E-state index contributed by atoms with van der Waals surface area (Å²) in [4.78, 5) is 0. The summed E-state index contributed by atoms with van der Waals surface area (Å²) >= 11 is 0. The van der Waals surface area contributed by atoms with E-state index >= 15 is 0 Å². The van der Waals surface area contributed by atoms with Crippen LogP contribution in [-0.4, -0.2) is 33.4 Å². The second-order valence-corrected chi connectivity index (χ2v) is 6.95. The van der Waals surface area contributed by atoms with E-state index in [0.29, 0.717) is 18.9 Å². The topological polar surface area (TPSA) is 49.4 Å². The van der Waals surface area contributed by atoms with Crippen LogP contribution in [0.5, 0.6) is 0 Å². The summed E-state index contributed by atoms with van der Waals surface area (Å²) in [6, 6.07) is 8.41. The van der Waals surface area contributed by atoms with Gasteiger partial charge < -0.3 is 0 Å². The molecular formula is C14H24N2O2S. The molecule has 1 aromatic rings. The third-order valence-electron chi connectivity index (χ3n) is 3.34. The van der Waals surface area contributed by atoms with E-state index in [1.807, 2.05) is 0 Å². The fraction of sp³-hybridized carbons (Fsp3) is 0.571. The maximum atomic E-state index is 11.5. The summed E-state index contributed by atoms with van der Waals surface area (Å²) in [6.07, 6.45) is 1.83. The van der Waals surface area contributed by atoms with Crippen molar-refractivity contribution in [1.29, 1.82) is 0 Å². The molecule has 0 aliphatic rings. The molecule has 0 aromatic heterocycles. The van der Waals surface area contributed by atoms with Crippen molar-refractivity contribution in [3.05, 3.63) is 35.4 Å². The van der Waals surface area contributed by atoms with E-state index in [2.05, 4.69) is 42.8 Å². The van der Waals surface area contributed by atoms with E-state index in [-0.39, 0.29) is 0 Å². The Morgan fingerprint density at radius 3 is 2.26 bits per heavy atom. The lowest BCUT2D eigenvalue weighted by molar-refractivity contribution is 0.506. The van der Waals surface area contributed by atoms with Gasteiger partial charge in [-0.05, 0) is 29.9 Å². The molecule has 4 nitrogen and oxygen atoms in total. The first-order valence-electron chi connectivity index (χ1n) is 6.62. The molecule has 0 aliphatic heterocycles. The molecule has 5 heteroatoms. The Kier molecular flexibility index (Phi) is 5.97. The van der Waals surface area contributed by atoms with Gasteiger partial charge in [0.05, 0.1) is 0 Å². The number of hydrogen-bond donors (Lipinski definition) is 1. The molecule has 0 radical (unpaired) electrons. The minimum absolute atomic E-state index is 0.420. The maximum absolute atomic E-state index is 11.5. The first-order valence-corrected chi connectivity index (χ1v) is 8.06. The fourth-order valence-corrected chi connectivity index (χ4v) is 2.32. The van der Waals surface area contributed by atoms with Crippen LogP contribution in [0.3, 0.4) is 0 Å². The van der Waals surface area contributed by atoms with Gasteiger partial charge in [0.1, 0.15) is 0 Å². The quantitative estimate of drug-likeness (QED) is 0.834. The van der Waals surface area contributed by atoms with E-state index in [1.54, 1.807) is 0 Å². The Hall–Kier alpha value is -0.910. The summed E-state index contributed by atoms with van der Waals surface area (Å²) in [5.74, 6) is 0.571. The minimum Gasteiger partial charge on any atom is -0.202 e. The van der Waals surface area contributed by atoms with Crippen LogP contribution in [0.4, 0.5) is 0 Å². The summed E-state index contributed by atoms with van der Waals surface area (Å²) < 4.78 is 26.8. The molecule has 1 unspecified atom stereocenters. The SMILES string of the molecule is CCC(C)c1ccc(CCNS(=O)(=O)N(C)C)cc1. The highest BCUT2D eigenvalue weighted by atomic mass is 32.2. The van der Waals surface area contributed by atoms with E-state index in [1.165, 1.54) is 24.0 Å². The van der Waals surface area contributed by atoms with Crippen molar-refractivity contribution in [2.45, 2.75) is 32.6 Å². The van der Waals surface area contributed by atoms with E-state index < -0.39 is 10.2 Å². The third-order valence-corrected chi connectivity index (χ3v) is 4.87. The van der Waals surface area contributed by atoms with Crippen LogP contribution in [0, 0.1) is 0 Å². The number of rotatable bonds is 7. The molecule has 108 valence electrons. The summed E-state index contributed by atoms with van der Waals surface area (Å²) in [5.41, 5.74) is 2.48. The van der Waals surface area contributed by atoms with Crippen molar-refractivity contribution < 1.29 is 8.42 Å². The third kappa shape index (κ3) is 4.93. The van der Waals surface area contributed by atoms with Crippen LogP contribution >= 0.6 is 0 Å². The van der Waals surface area contributed by atoms with Gasteiger partial charge in [0.15, 0.2) is 0 Å². The number of hydrogen-bond acceptors (Lipinski definition) is 2. The highest BCUT2D eigenvalue weighted by Gasteiger charge is 2.11. The number of nitrogens with zero attached hydrogens (tertiary/aromatic N) is 1. The molecule has 0 spiro atoms. The lowest BCUT2D eigenvalue weighted by Gasteiger charge is -2.13. The zero-order chi connectivity index (χ0) is 14.5. The second-order valence-electron chi connectivity index (χ2n) is 4.98. The zero-order valence-corrected chi connectivity index (χ0v) is 13.0. The molecule has 1 atom stereocenters. The molecule has 0 bridgehead atoms. The maximum Gasteiger partial charge on any atom is 0.278 e. The van der Waals surface area contributed by atoms with Crippen LogP contribution in [0.25, 0.3) is 0 Å². The number of nitrogens with one attached hydrogen (secondary N) is 1. The van der Waals surface area contributed by atoms with Gasteiger partial charge >= 0.3 is 0 Å². The molecule has 0 saturated heterocycles. The molecule has 1 N–H and O–H groups in total. The van der Waals surface area contributed by atoms with Crippen molar-refractivity contribution in [3.8, 4) is 0 Å². The molecule has 0 saturated carbocycles. The summed E-state index contributed by atoms with van der Waals surface area (Å²) in [6.45, 7) is 4.80. The normalized spacial score (nSPS) is 13.7. The van der Waals surface area contributed by atoms with Gasteiger partial charge in [0.2, 0.25) is 0 Å². The van der Waals surface area contributed by atoms with Crippen LogP contribution < -0.4 is 4.72 Å². The van der Waals surface area contributed by atoms with Crippen LogP contribution in [0.2, 0.25) is 0 Å². The lowest BCUT2D eigenvalue weighted by atomic mass is 9.97. The molecule has 19 heavy (non-hydrogen) atoms. The Balaban J connectivity index is 2.51. The molecule has 0 fully saturated rings. The van der Waals surface area contributed by atoms with Crippen molar-refractivity contribution in [3.63, 3.8) is 0 Å². The van der Waals surface area contributed by atoms with E-state index in [4.69, 9.17) is 0 Å². The Bertz CT molecular complexity index is 481. The largest absolute Gasteiger partial charge is 0.278 e. The minimum atomic E-state index is -3.31. The average molecular weight is 284 g/mol. The van der Waals surface area contributed by atoms with Gasteiger partial charge in [-0.3, -0.25) is 0 Å². The van der Waals surface area contributed by atoms with Crippen LogP contribution in [-0.2, 0) is 16.6 Å². The highest BCUT2D eigenvalue weighted by molar-refractivity contribution is 7.87.